The van der Waals surface area contributed by atoms with Crippen molar-refractivity contribution in [3.63, 3.8) is 0 Å². The average molecular weight is 395 g/mol. The molecule has 0 aliphatic rings. The minimum absolute atomic E-state index is 0.0790. The van der Waals surface area contributed by atoms with Crippen molar-refractivity contribution in [1.82, 2.24) is 14.5 Å². The molecule has 0 saturated carbocycles. The molecule has 0 atom stereocenters. The van der Waals surface area contributed by atoms with E-state index in [2.05, 4.69) is 9.97 Å². The van der Waals surface area contributed by atoms with Crippen molar-refractivity contribution in [2.24, 2.45) is 0 Å². The van der Waals surface area contributed by atoms with Crippen molar-refractivity contribution in [3.05, 3.63) is 46.9 Å². The van der Waals surface area contributed by atoms with Gasteiger partial charge < -0.3 is 15.4 Å². The minimum atomic E-state index is -0.299. The highest BCUT2D eigenvalue weighted by molar-refractivity contribution is 5.98. The van der Waals surface area contributed by atoms with Crippen LogP contribution in [0.2, 0.25) is 0 Å². The van der Waals surface area contributed by atoms with E-state index >= 15 is 0 Å². The van der Waals surface area contributed by atoms with E-state index in [1.165, 1.54) is 0 Å². The summed E-state index contributed by atoms with van der Waals surface area (Å²) in [4.78, 5) is 21.9. The van der Waals surface area contributed by atoms with Gasteiger partial charge in [-0.05, 0) is 29.9 Å². The maximum atomic E-state index is 13.2. The highest BCUT2D eigenvalue weighted by Gasteiger charge is 2.28. The Balaban J connectivity index is 2.07. The van der Waals surface area contributed by atoms with Gasteiger partial charge in [-0.3, -0.25) is 9.78 Å². The number of aryl methyl sites for hydroxylation is 1. The van der Waals surface area contributed by atoms with Crippen LogP contribution < -0.4 is 5.73 Å². The molecule has 6 nitrogen and oxygen atoms in total. The van der Waals surface area contributed by atoms with Crippen LogP contribution in [0.1, 0.15) is 68.7 Å². The van der Waals surface area contributed by atoms with Gasteiger partial charge in [0.15, 0.2) is 5.78 Å². The number of nitrogens with zero attached hydrogens (tertiary/aromatic N) is 3. The first kappa shape index (κ1) is 20.8. The number of phenolic OH excluding ortho intramolecular Hbond substituents is 1. The van der Waals surface area contributed by atoms with Crippen LogP contribution in [-0.4, -0.2) is 25.4 Å². The van der Waals surface area contributed by atoms with Gasteiger partial charge in [-0.25, -0.2) is 4.98 Å². The fraction of sp³-hybridized carbons (Fsp3) is 0.435. The lowest BCUT2D eigenvalue weighted by atomic mass is 9.78. The second-order valence-corrected chi connectivity index (χ2v) is 9.73. The van der Waals surface area contributed by atoms with Gasteiger partial charge in [-0.15, -0.1) is 0 Å². The Bertz CT molecular complexity index is 1060. The molecule has 0 radical (unpaired) electrons. The Kier molecular flexibility index (Phi) is 4.93. The topological polar surface area (TPSA) is 94.0 Å². The number of carbonyl (C=O) groups is 1. The average Bonchev–Trinajstić information content (AvgIpc) is 2.88. The molecular weight excluding hydrogens is 364 g/mol. The summed E-state index contributed by atoms with van der Waals surface area (Å²) < 4.78 is 1.69. The van der Waals surface area contributed by atoms with Gasteiger partial charge in [0, 0.05) is 29.1 Å². The normalized spacial score (nSPS) is 12.5. The summed E-state index contributed by atoms with van der Waals surface area (Å²) >= 11 is 0. The lowest BCUT2D eigenvalue weighted by molar-refractivity contribution is 0.0972. The Morgan fingerprint density at radius 3 is 2.17 bits per heavy atom. The van der Waals surface area contributed by atoms with E-state index in [1.807, 2.05) is 48.5 Å². The molecule has 0 unspecified atom stereocenters. The Hall–Kier alpha value is -2.89. The van der Waals surface area contributed by atoms with E-state index in [4.69, 9.17) is 5.73 Å². The predicted molar refractivity (Wildman–Crippen MR) is 117 cm³/mol. The number of phenols is 1. The second-order valence-electron chi connectivity index (χ2n) is 9.73. The number of aromatic hydroxyl groups is 1. The van der Waals surface area contributed by atoms with Gasteiger partial charge in [0.2, 0.25) is 0 Å². The molecule has 29 heavy (non-hydrogen) atoms. The van der Waals surface area contributed by atoms with Gasteiger partial charge in [0.25, 0.3) is 0 Å². The smallest absolute Gasteiger partial charge is 0.182 e. The third-order valence-electron chi connectivity index (χ3n) is 5.11. The molecule has 1 aromatic carbocycles. The van der Waals surface area contributed by atoms with Crippen LogP contribution in [0.3, 0.4) is 0 Å². The summed E-state index contributed by atoms with van der Waals surface area (Å²) in [6.07, 6.45) is 3.43. The third-order valence-corrected chi connectivity index (χ3v) is 5.11. The van der Waals surface area contributed by atoms with Gasteiger partial charge in [-0.2, -0.15) is 0 Å². The number of nitrogens with two attached hydrogens (primary N) is 1. The molecule has 0 aliphatic heterocycles. The summed E-state index contributed by atoms with van der Waals surface area (Å²) in [5.74, 6) is 0.608. The molecule has 6 heteroatoms. The van der Waals surface area contributed by atoms with Crippen molar-refractivity contribution in [2.75, 3.05) is 5.73 Å². The number of hydrogen-bond acceptors (Lipinski definition) is 5. The molecule has 0 aliphatic carbocycles. The molecule has 2 heterocycles. The molecule has 0 spiro atoms. The van der Waals surface area contributed by atoms with Crippen LogP contribution in [0.4, 0.5) is 5.82 Å². The highest BCUT2D eigenvalue weighted by Crippen LogP contribution is 2.40. The van der Waals surface area contributed by atoms with Crippen LogP contribution in [0.5, 0.6) is 5.75 Å². The number of carbonyl (C=O) groups excluding carboxylic acids is 1. The SMILES string of the molecule is Cc1cnc2cn(CC(=O)c3cc(C(C)(C)C)c(O)c(C(C)(C)C)c3)c(N)c2n1. The molecule has 3 rings (SSSR count). The number of rotatable bonds is 3. The zero-order chi connectivity index (χ0) is 21.7. The first-order valence-electron chi connectivity index (χ1n) is 9.78. The highest BCUT2D eigenvalue weighted by atomic mass is 16.3. The van der Waals surface area contributed by atoms with E-state index in [-0.39, 0.29) is 28.9 Å². The van der Waals surface area contributed by atoms with E-state index < -0.39 is 0 Å². The van der Waals surface area contributed by atoms with Crippen LogP contribution in [0.15, 0.2) is 24.5 Å². The number of anilines is 1. The Morgan fingerprint density at radius 1 is 1.10 bits per heavy atom. The van der Waals surface area contributed by atoms with Crippen LogP contribution in [-0.2, 0) is 17.4 Å². The number of fused-ring (bicyclic) bond motifs is 1. The Morgan fingerprint density at radius 2 is 1.66 bits per heavy atom. The monoisotopic (exact) mass is 394 g/mol. The maximum absolute atomic E-state index is 13.2. The number of Topliss-reactive ketones (excluding diaryl/α,β-unsaturated/α-hetero) is 1. The fourth-order valence-electron chi connectivity index (χ4n) is 3.44. The number of ketones is 1. The maximum Gasteiger partial charge on any atom is 0.182 e. The zero-order valence-electron chi connectivity index (χ0n) is 18.3. The molecule has 0 bridgehead atoms. The minimum Gasteiger partial charge on any atom is -0.507 e. The first-order valence-corrected chi connectivity index (χ1v) is 9.78. The van der Waals surface area contributed by atoms with Gasteiger partial charge in [0.05, 0.1) is 12.2 Å². The number of benzene rings is 1. The largest absolute Gasteiger partial charge is 0.507 e. The number of aromatic nitrogens is 3. The molecule has 154 valence electrons. The standard InChI is InChI=1S/C23H30N4O2/c1-13-10-25-17-11-27(21(24)19(17)26-13)12-18(28)14-8-15(22(2,3)4)20(29)16(9-14)23(5,6)7/h8-11,29H,12,24H2,1-7H3. The molecule has 3 aromatic rings. The summed E-state index contributed by atoms with van der Waals surface area (Å²) in [5.41, 5.74) is 9.76. The predicted octanol–water partition coefficient (Wildman–Crippen LogP) is 4.51. The summed E-state index contributed by atoms with van der Waals surface area (Å²) in [7, 11) is 0. The number of nitrogen functional groups attached to an aromatic ring is 1. The second kappa shape index (κ2) is 6.87. The quantitative estimate of drug-likeness (QED) is 0.638. The summed E-state index contributed by atoms with van der Waals surface area (Å²) in [6.45, 7) is 14.1. The van der Waals surface area contributed by atoms with Crippen LogP contribution in [0.25, 0.3) is 11.0 Å². The molecular formula is C23H30N4O2. The van der Waals surface area contributed by atoms with Gasteiger partial charge in [-0.1, -0.05) is 41.5 Å². The van der Waals surface area contributed by atoms with E-state index in [1.54, 1.807) is 29.1 Å². The number of hydrogen-bond donors (Lipinski definition) is 2. The molecule has 3 N–H and O–H groups in total. The molecule has 0 saturated heterocycles. The Labute approximate surface area is 171 Å². The van der Waals surface area contributed by atoms with Crippen molar-refractivity contribution in [2.45, 2.75) is 65.8 Å². The van der Waals surface area contributed by atoms with Crippen LogP contribution >= 0.6 is 0 Å². The van der Waals surface area contributed by atoms with Gasteiger partial charge >= 0.3 is 0 Å². The van der Waals surface area contributed by atoms with Crippen molar-refractivity contribution >= 4 is 22.6 Å². The fourth-order valence-corrected chi connectivity index (χ4v) is 3.44. The van der Waals surface area contributed by atoms with E-state index in [9.17, 15) is 9.90 Å². The molecule has 0 amide bonds. The first-order chi connectivity index (χ1) is 13.3. The van der Waals surface area contributed by atoms with Crippen molar-refractivity contribution < 1.29 is 9.90 Å². The lowest BCUT2D eigenvalue weighted by Crippen LogP contribution is -2.20. The molecule has 2 aromatic heterocycles. The van der Waals surface area contributed by atoms with Gasteiger partial charge in [0.1, 0.15) is 22.6 Å². The zero-order valence-corrected chi connectivity index (χ0v) is 18.3. The van der Waals surface area contributed by atoms with E-state index in [0.717, 1.165) is 16.8 Å². The summed E-state index contributed by atoms with van der Waals surface area (Å²) in [6, 6.07) is 3.60. The van der Waals surface area contributed by atoms with Crippen molar-refractivity contribution in [3.8, 4) is 5.75 Å². The third kappa shape index (κ3) is 3.97. The molecule has 0 fully saturated rings. The van der Waals surface area contributed by atoms with Crippen molar-refractivity contribution in [1.29, 1.82) is 0 Å². The van der Waals surface area contributed by atoms with E-state index in [0.29, 0.717) is 22.4 Å². The summed E-state index contributed by atoms with van der Waals surface area (Å²) in [5, 5.41) is 10.9. The lowest BCUT2D eigenvalue weighted by Gasteiger charge is -2.28. The van der Waals surface area contributed by atoms with Crippen LogP contribution in [0, 0.1) is 6.92 Å².